The fourth-order valence-corrected chi connectivity index (χ4v) is 3.17. The second kappa shape index (κ2) is 8.15. The number of esters is 1. The van der Waals surface area contributed by atoms with Gasteiger partial charge in [0.25, 0.3) is 0 Å². The normalized spacial score (nSPS) is 16.0. The number of imidazole rings is 1. The van der Waals surface area contributed by atoms with E-state index < -0.39 is 23.7 Å². The minimum absolute atomic E-state index is 0.0489. The quantitative estimate of drug-likeness (QED) is 0.617. The molecule has 144 valence electrons. The summed E-state index contributed by atoms with van der Waals surface area (Å²) in [5.74, 6) is -1.56. The third kappa shape index (κ3) is 4.07. The lowest BCUT2D eigenvalue weighted by molar-refractivity contribution is -0.140. The first kappa shape index (κ1) is 18.8. The molecule has 2 aromatic rings. The predicted octanol–water partition coefficient (Wildman–Crippen LogP) is 2.30. The van der Waals surface area contributed by atoms with Crippen LogP contribution < -0.4 is 5.32 Å². The first-order valence-electron chi connectivity index (χ1n) is 8.59. The third-order valence-corrected chi connectivity index (χ3v) is 4.50. The Hall–Kier alpha value is -2.97. The van der Waals surface area contributed by atoms with Gasteiger partial charge < -0.3 is 19.9 Å². The number of fused-ring (bicyclic) bond motifs is 1. The van der Waals surface area contributed by atoms with Crippen LogP contribution in [0.2, 0.25) is 0 Å². The van der Waals surface area contributed by atoms with Crippen molar-refractivity contribution in [3.8, 4) is 0 Å². The van der Waals surface area contributed by atoms with E-state index in [1.807, 2.05) is 0 Å². The molecular formula is C18H20F2N4O3. The molecule has 0 radical (unpaired) electrons. The number of amides is 2. The monoisotopic (exact) mass is 378 g/mol. The Kier molecular flexibility index (Phi) is 5.68. The van der Waals surface area contributed by atoms with Crippen LogP contribution in [0.1, 0.15) is 35.8 Å². The number of aromatic nitrogens is 2. The number of urea groups is 1. The van der Waals surface area contributed by atoms with E-state index in [1.165, 1.54) is 18.3 Å². The fourth-order valence-electron chi connectivity index (χ4n) is 3.17. The summed E-state index contributed by atoms with van der Waals surface area (Å²) in [6.45, 7) is 0.578. The topological polar surface area (TPSA) is 87.3 Å². The van der Waals surface area contributed by atoms with E-state index in [0.717, 1.165) is 23.9 Å². The molecule has 27 heavy (non-hydrogen) atoms. The van der Waals surface area contributed by atoms with Gasteiger partial charge in [0.2, 0.25) is 0 Å². The number of methoxy groups -OCH3 is 1. The van der Waals surface area contributed by atoms with Crippen molar-refractivity contribution in [2.24, 2.45) is 0 Å². The van der Waals surface area contributed by atoms with Crippen LogP contribution in [0, 0.1) is 11.6 Å². The number of halogens is 2. The highest BCUT2D eigenvalue weighted by Crippen LogP contribution is 2.34. The number of carbonyl (C=O) groups is 2. The van der Waals surface area contributed by atoms with Crippen molar-refractivity contribution >= 4 is 12.0 Å². The van der Waals surface area contributed by atoms with Gasteiger partial charge in [0.1, 0.15) is 17.7 Å². The van der Waals surface area contributed by atoms with Crippen molar-refractivity contribution in [3.63, 3.8) is 0 Å². The van der Waals surface area contributed by atoms with Gasteiger partial charge in [-0.05, 0) is 24.6 Å². The molecule has 0 unspecified atom stereocenters. The van der Waals surface area contributed by atoms with Crippen LogP contribution in [0.4, 0.5) is 13.6 Å². The summed E-state index contributed by atoms with van der Waals surface area (Å²) in [4.78, 5) is 32.4. The van der Waals surface area contributed by atoms with Gasteiger partial charge in [-0.1, -0.05) is 0 Å². The minimum atomic E-state index is -0.837. The van der Waals surface area contributed by atoms with E-state index in [0.29, 0.717) is 25.1 Å². The maximum Gasteiger partial charge on any atom is 0.318 e. The number of benzene rings is 1. The van der Waals surface area contributed by atoms with Crippen LogP contribution in [0.3, 0.4) is 0 Å². The number of nitrogens with zero attached hydrogens (tertiary/aromatic N) is 2. The maximum atomic E-state index is 14.4. The van der Waals surface area contributed by atoms with E-state index in [1.54, 1.807) is 0 Å². The van der Waals surface area contributed by atoms with Crippen molar-refractivity contribution in [3.05, 3.63) is 53.1 Å². The largest absolute Gasteiger partial charge is 0.469 e. The van der Waals surface area contributed by atoms with Crippen molar-refractivity contribution in [1.29, 1.82) is 0 Å². The van der Waals surface area contributed by atoms with E-state index in [4.69, 9.17) is 0 Å². The van der Waals surface area contributed by atoms with Gasteiger partial charge in [-0.15, -0.1) is 0 Å². The number of hydrogen-bond acceptors (Lipinski definition) is 4. The number of carbonyl (C=O) groups excluding carboxylic acids is 2. The molecule has 0 saturated carbocycles. The first-order valence-corrected chi connectivity index (χ1v) is 8.59. The molecule has 0 bridgehead atoms. The number of hydrogen-bond donors (Lipinski definition) is 2. The van der Waals surface area contributed by atoms with Gasteiger partial charge in [-0.2, -0.15) is 0 Å². The Bertz CT molecular complexity index is 840. The molecule has 0 spiro atoms. The van der Waals surface area contributed by atoms with Gasteiger partial charge in [0, 0.05) is 37.2 Å². The summed E-state index contributed by atoms with van der Waals surface area (Å²) in [5.41, 5.74) is 1.33. The van der Waals surface area contributed by atoms with Crippen LogP contribution in [-0.2, 0) is 16.0 Å². The fraction of sp³-hybridized carbons (Fsp3) is 0.389. The number of ether oxygens (including phenoxy) is 1. The van der Waals surface area contributed by atoms with Gasteiger partial charge >= 0.3 is 12.0 Å². The van der Waals surface area contributed by atoms with Gasteiger partial charge in [0.05, 0.1) is 19.1 Å². The van der Waals surface area contributed by atoms with Crippen LogP contribution in [0.15, 0.2) is 24.5 Å². The summed E-state index contributed by atoms with van der Waals surface area (Å²) < 4.78 is 32.7. The molecule has 2 amide bonds. The smallest absolute Gasteiger partial charge is 0.318 e. The Balaban J connectivity index is 1.80. The minimum Gasteiger partial charge on any atom is -0.469 e. The van der Waals surface area contributed by atoms with E-state index in [-0.39, 0.29) is 24.5 Å². The molecule has 9 heteroatoms. The van der Waals surface area contributed by atoms with Crippen LogP contribution in [-0.4, -0.2) is 47.1 Å². The van der Waals surface area contributed by atoms with Crippen molar-refractivity contribution in [1.82, 2.24) is 20.2 Å². The standard InChI is InChI=1S/C18H20F2N4O3/c1-27-15(25)3-2-7-21-18(26)24-8-6-14-16(23-10-22-14)17(24)12-9-11(19)4-5-13(12)20/h4-5,9-10,17H,2-3,6-8H2,1H3,(H,21,26)(H,22,23)/t17-/m0/s1. The molecule has 0 aliphatic carbocycles. The molecule has 0 fully saturated rings. The average molecular weight is 378 g/mol. The summed E-state index contributed by atoms with van der Waals surface area (Å²) in [6, 6.07) is 1.89. The molecule has 1 aromatic carbocycles. The summed E-state index contributed by atoms with van der Waals surface area (Å²) in [6.07, 6.45) is 2.60. The van der Waals surface area contributed by atoms with E-state index in [9.17, 15) is 18.4 Å². The zero-order valence-electron chi connectivity index (χ0n) is 14.8. The highest BCUT2D eigenvalue weighted by atomic mass is 19.1. The van der Waals surface area contributed by atoms with E-state index in [2.05, 4.69) is 20.0 Å². The van der Waals surface area contributed by atoms with Crippen molar-refractivity contribution < 1.29 is 23.1 Å². The maximum absolute atomic E-state index is 14.4. The van der Waals surface area contributed by atoms with Crippen molar-refractivity contribution in [2.75, 3.05) is 20.2 Å². The molecule has 2 heterocycles. The molecule has 1 atom stereocenters. The number of rotatable bonds is 5. The Morgan fingerprint density at radius 3 is 3.00 bits per heavy atom. The Morgan fingerprint density at radius 2 is 2.22 bits per heavy atom. The average Bonchev–Trinajstić information content (AvgIpc) is 3.14. The van der Waals surface area contributed by atoms with Crippen molar-refractivity contribution in [2.45, 2.75) is 25.3 Å². The highest BCUT2D eigenvalue weighted by molar-refractivity contribution is 5.76. The Morgan fingerprint density at radius 1 is 1.41 bits per heavy atom. The van der Waals surface area contributed by atoms with E-state index >= 15 is 0 Å². The summed E-state index contributed by atoms with van der Waals surface area (Å²) >= 11 is 0. The second-order valence-corrected chi connectivity index (χ2v) is 6.19. The lowest BCUT2D eigenvalue weighted by Gasteiger charge is -2.35. The first-order chi connectivity index (χ1) is 13.0. The SMILES string of the molecule is COC(=O)CCCNC(=O)N1CCc2[nH]cnc2[C@@H]1c1cc(F)ccc1F. The number of H-pyrrole nitrogens is 1. The van der Waals surface area contributed by atoms with Crippen LogP contribution >= 0.6 is 0 Å². The Labute approximate surface area is 154 Å². The van der Waals surface area contributed by atoms with Crippen LogP contribution in [0.5, 0.6) is 0 Å². The molecular weight excluding hydrogens is 358 g/mol. The zero-order chi connectivity index (χ0) is 19.4. The van der Waals surface area contributed by atoms with Gasteiger partial charge in [0.15, 0.2) is 0 Å². The lowest BCUT2D eigenvalue weighted by Crippen LogP contribution is -2.46. The molecule has 1 aromatic heterocycles. The van der Waals surface area contributed by atoms with Gasteiger partial charge in [-0.25, -0.2) is 18.6 Å². The molecule has 1 aliphatic rings. The third-order valence-electron chi connectivity index (χ3n) is 4.50. The molecule has 0 saturated heterocycles. The van der Waals surface area contributed by atoms with Gasteiger partial charge in [-0.3, -0.25) is 4.79 Å². The second-order valence-electron chi connectivity index (χ2n) is 6.19. The molecule has 2 N–H and O–H groups in total. The summed E-state index contributed by atoms with van der Waals surface area (Å²) in [7, 11) is 1.30. The molecule has 1 aliphatic heterocycles. The lowest BCUT2D eigenvalue weighted by atomic mass is 9.95. The number of nitrogens with one attached hydrogen (secondary N) is 2. The molecule has 3 rings (SSSR count). The molecule has 7 nitrogen and oxygen atoms in total. The number of aromatic amines is 1. The zero-order valence-corrected chi connectivity index (χ0v) is 14.8. The predicted molar refractivity (Wildman–Crippen MR) is 91.8 cm³/mol. The summed E-state index contributed by atoms with van der Waals surface area (Å²) in [5, 5.41) is 2.71. The highest BCUT2D eigenvalue weighted by Gasteiger charge is 2.35. The van der Waals surface area contributed by atoms with Crippen LogP contribution in [0.25, 0.3) is 0 Å².